The van der Waals surface area contributed by atoms with Crippen LogP contribution in [0.15, 0.2) is 23.4 Å². The van der Waals surface area contributed by atoms with Crippen LogP contribution in [0.25, 0.3) is 0 Å². The molecule has 0 atom stereocenters. The minimum Gasteiger partial charge on any atom is -0.397 e. The molecule has 0 bridgehead atoms. The van der Waals surface area contributed by atoms with Gasteiger partial charge in [0.25, 0.3) is 0 Å². The van der Waals surface area contributed by atoms with Crippen LogP contribution in [-0.4, -0.2) is 23.3 Å². The largest absolute Gasteiger partial charge is 0.397 e. The Morgan fingerprint density at radius 3 is 3.00 bits per heavy atom. The second-order valence-corrected chi connectivity index (χ2v) is 4.51. The molecule has 3 nitrogen and oxygen atoms in total. The van der Waals surface area contributed by atoms with Gasteiger partial charge in [-0.15, -0.1) is 11.8 Å². The van der Waals surface area contributed by atoms with Crippen LogP contribution in [0.4, 0.5) is 5.69 Å². The maximum Gasteiger partial charge on any atom is 0.0638 e. The number of rotatable bonds is 5. The molecule has 0 radical (unpaired) electrons. The number of aromatic nitrogens is 1. The van der Waals surface area contributed by atoms with E-state index in [4.69, 9.17) is 5.73 Å². The molecule has 1 rings (SSSR count). The van der Waals surface area contributed by atoms with Gasteiger partial charge in [0.2, 0.25) is 0 Å². The van der Waals surface area contributed by atoms with Crippen molar-refractivity contribution < 1.29 is 0 Å². The fraction of sp³-hybridized carbons (Fsp3) is 0.500. The topological polar surface area (TPSA) is 50.9 Å². The summed E-state index contributed by atoms with van der Waals surface area (Å²) in [6.07, 6.45) is 3.47. The highest BCUT2D eigenvalue weighted by Crippen LogP contribution is 2.22. The number of nitrogens with one attached hydrogen (secondary N) is 1. The number of hydrogen-bond acceptors (Lipinski definition) is 4. The first-order chi connectivity index (χ1) is 6.70. The summed E-state index contributed by atoms with van der Waals surface area (Å²) < 4.78 is 0. The van der Waals surface area contributed by atoms with E-state index in [0.29, 0.717) is 6.04 Å². The van der Waals surface area contributed by atoms with Gasteiger partial charge >= 0.3 is 0 Å². The zero-order valence-electron chi connectivity index (χ0n) is 8.66. The monoisotopic (exact) mass is 211 g/mol. The summed E-state index contributed by atoms with van der Waals surface area (Å²) in [5.41, 5.74) is 6.52. The highest BCUT2D eigenvalue weighted by molar-refractivity contribution is 7.99. The number of nitrogen functional groups attached to an aromatic ring is 1. The van der Waals surface area contributed by atoms with Gasteiger partial charge in [-0.25, -0.2) is 0 Å². The van der Waals surface area contributed by atoms with Gasteiger partial charge in [0.1, 0.15) is 0 Å². The van der Waals surface area contributed by atoms with E-state index in [1.54, 1.807) is 24.2 Å². The van der Waals surface area contributed by atoms with Gasteiger partial charge in [0.05, 0.1) is 11.9 Å². The maximum atomic E-state index is 5.76. The lowest BCUT2D eigenvalue weighted by Gasteiger charge is -2.08. The molecule has 0 aromatic carbocycles. The molecule has 0 unspecified atom stereocenters. The van der Waals surface area contributed by atoms with Crippen LogP contribution in [0.1, 0.15) is 13.8 Å². The van der Waals surface area contributed by atoms with Crippen molar-refractivity contribution >= 4 is 17.4 Å². The molecule has 4 heteroatoms. The Morgan fingerprint density at radius 1 is 1.57 bits per heavy atom. The van der Waals surface area contributed by atoms with Crippen LogP contribution in [0.2, 0.25) is 0 Å². The van der Waals surface area contributed by atoms with Crippen LogP contribution < -0.4 is 11.1 Å². The normalized spacial score (nSPS) is 10.8. The number of nitrogens with two attached hydrogens (primary N) is 1. The van der Waals surface area contributed by atoms with E-state index in [1.807, 2.05) is 6.07 Å². The van der Waals surface area contributed by atoms with Crippen LogP contribution in [0, 0.1) is 0 Å². The zero-order valence-corrected chi connectivity index (χ0v) is 9.47. The Balaban J connectivity index is 2.28. The molecular weight excluding hydrogens is 194 g/mol. The van der Waals surface area contributed by atoms with Crippen molar-refractivity contribution in [2.45, 2.75) is 24.8 Å². The van der Waals surface area contributed by atoms with Gasteiger partial charge in [-0.3, -0.25) is 4.98 Å². The van der Waals surface area contributed by atoms with E-state index < -0.39 is 0 Å². The lowest BCUT2D eigenvalue weighted by atomic mass is 10.4. The maximum absolute atomic E-state index is 5.76. The van der Waals surface area contributed by atoms with Gasteiger partial charge in [-0.2, -0.15) is 0 Å². The lowest BCUT2D eigenvalue weighted by Crippen LogP contribution is -2.24. The number of thioether (sulfide) groups is 1. The van der Waals surface area contributed by atoms with Gasteiger partial charge in [-0.1, -0.05) is 13.8 Å². The first kappa shape index (κ1) is 11.3. The molecule has 0 aliphatic carbocycles. The molecule has 14 heavy (non-hydrogen) atoms. The SMILES string of the molecule is CC(C)NCCSc1ccncc1N. The first-order valence-electron chi connectivity index (χ1n) is 4.76. The summed E-state index contributed by atoms with van der Waals surface area (Å²) in [6, 6.07) is 2.50. The van der Waals surface area contributed by atoms with Gasteiger partial charge in [-0.05, 0) is 6.07 Å². The van der Waals surface area contributed by atoms with Crippen LogP contribution in [0.3, 0.4) is 0 Å². The predicted octanol–water partition coefficient (Wildman–Crippen LogP) is 1.75. The van der Waals surface area contributed by atoms with Crippen molar-refractivity contribution in [2.24, 2.45) is 0 Å². The molecule has 0 spiro atoms. The molecular formula is C10H17N3S. The Bertz CT molecular complexity index is 276. The van der Waals surface area contributed by atoms with Crippen LogP contribution in [-0.2, 0) is 0 Å². The zero-order chi connectivity index (χ0) is 10.4. The molecule has 0 aliphatic heterocycles. The molecule has 0 fully saturated rings. The van der Waals surface area contributed by atoms with Gasteiger partial charge in [0, 0.05) is 29.4 Å². The summed E-state index contributed by atoms with van der Waals surface area (Å²) in [5.74, 6) is 1.03. The highest BCUT2D eigenvalue weighted by Gasteiger charge is 1.98. The number of hydrogen-bond donors (Lipinski definition) is 2. The van der Waals surface area contributed by atoms with Crippen LogP contribution >= 0.6 is 11.8 Å². The fourth-order valence-electron chi connectivity index (χ4n) is 1.03. The average molecular weight is 211 g/mol. The lowest BCUT2D eigenvalue weighted by molar-refractivity contribution is 0.616. The number of pyridine rings is 1. The molecule has 0 saturated carbocycles. The summed E-state index contributed by atoms with van der Waals surface area (Å²) >= 11 is 1.76. The standard InChI is InChI=1S/C10H17N3S/c1-8(2)13-5-6-14-10-3-4-12-7-9(10)11/h3-4,7-8,13H,5-6,11H2,1-2H3. The Morgan fingerprint density at radius 2 is 2.36 bits per heavy atom. The Labute approximate surface area is 89.5 Å². The summed E-state index contributed by atoms with van der Waals surface area (Å²) in [4.78, 5) is 5.06. The molecule has 1 heterocycles. The van der Waals surface area contributed by atoms with Crippen molar-refractivity contribution in [3.8, 4) is 0 Å². The van der Waals surface area contributed by atoms with E-state index >= 15 is 0 Å². The van der Waals surface area contributed by atoms with Crippen molar-refractivity contribution in [1.29, 1.82) is 0 Å². The second-order valence-electron chi connectivity index (χ2n) is 3.37. The highest BCUT2D eigenvalue weighted by atomic mass is 32.2. The Kier molecular flexibility index (Phi) is 4.76. The van der Waals surface area contributed by atoms with Gasteiger partial charge < -0.3 is 11.1 Å². The third-order valence-corrected chi connectivity index (χ3v) is 2.81. The van der Waals surface area contributed by atoms with E-state index in [9.17, 15) is 0 Å². The first-order valence-corrected chi connectivity index (χ1v) is 5.74. The molecule has 0 aliphatic rings. The summed E-state index contributed by atoms with van der Waals surface area (Å²) in [5, 5.41) is 3.36. The van der Waals surface area contributed by atoms with Crippen molar-refractivity contribution in [3.05, 3.63) is 18.5 Å². The predicted molar refractivity (Wildman–Crippen MR) is 62.5 cm³/mol. The molecule has 0 amide bonds. The summed E-state index contributed by atoms with van der Waals surface area (Å²) in [6.45, 7) is 5.29. The molecule has 3 N–H and O–H groups in total. The quantitative estimate of drug-likeness (QED) is 0.575. The fourth-order valence-corrected chi connectivity index (χ4v) is 1.85. The smallest absolute Gasteiger partial charge is 0.0638 e. The minimum absolute atomic E-state index is 0.547. The minimum atomic E-state index is 0.547. The van der Waals surface area contributed by atoms with Crippen molar-refractivity contribution in [1.82, 2.24) is 10.3 Å². The average Bonchev–Trinajstić information content (AvgIpc) is 2.15. The molecule has 1 aromatic heterocycles. The third kappa shape index (κ3) is 3.98. The van der Waals surface area contributed by atoms with Crippen molar-refractivity contribution in [3.63, 3.8) is 0 Å². The second kappa shape index (κ2) is 5.88. The van der Waals surface area contributed by atoms with Crippen molar-refractivity contribution in [2.75, 3.05) is 18.0 Å². The molecule has 1 aromatic rings. The number of anilines is 1. The van der Waals surface area contributed by atoms with E-state index in [0.717, 1.165) is 22.9 Å². The number of nitrogens with zero attached hydrogens (tertiary/aromatic N) is 1. The molecule has 0 saturated heterocycles. The Hall–Kier alpha value is -0.740. The van der Waals surface area contributed by atoms with Gasteiger partial charge in [0.15, 0.2) is 0 Å². The van der Waals surface area contributed by atoms with E-state index in [2.05, 4.69) is 24.1 Å². The molecule has 78 valence electrons. The van der Waals surface area contributed by atoms with Crippen LogP contribution in [0.5, 0.6) is 0 Å². The van der Waals surface area contributed by atoms with E-state index in [1.165, 1.54) is 0 Å². The van der Waals surface area contributed by atoms with E-state index in [-0.39, 0.29) is 0 Å². The third-order valence-electron chi connectivity index (χ3n) is 1.72. The summed E-state index contributed by atoms with van der Waals surface area (Å²) in [7, 11) is 0.